The molecule has 26 heavy (non-hydrogen) atoms. The first kappa shape index (κ1) is 21.6. The van der Waals surface area contributed by atoms with Gasteiger partial charge in [-0.15, -0.1) is 0 Å². The fourth-order valence-electron chi connectivity index (χ4n) is 1.67. The van der Waals surface area contributed by atoms with E-state index >= 15 is 0 Å². The number of benzene rings is 1. The van der Waals surface area contributed by atoms with Crippen molar-refractivity contribution in [1.82, 2.24) is 4.98 Å². The zero-order valence-electron chi connectivity index (χ0n) is 12.4. The highest BCUT2D eigenvalue weighted by Gasteiger charge is 2.32. The molecule has 140 valence electrons. The van der Waals surface area contributed by atoms with Crippen LogP contribution in [0.15, 0.2) is 33.9 Å². The summed E-state index contributed by atoms with van der Waals surface area (Å²) in [5.74, 6) is 0.103. The van der Waals surface area contributed by atoms with E-state index < -0.39 is 11.7 Å². The molecule has 0 aliphatic heterocycles. The van der Waals surface area contributed by atoms with E-state index in [2.05, 4.69) is 36.8 Å². The predicted molar refractivity (Wildman–Crippen MR) is 102 cm³/mol. The van der Waals surface area contributed by atoms with Gasteiger partial charge in [-0.1, -0.05) is 34.8 Å². The second kappa shape index (κ2) is 9.01. The van der Waals surface area contributed by atoms with Crippen LogP contribution in [0.1, 0.15) is 5.56 Å². The summed E-state index contributed by atoms with van der Waals surface area (Å²) < 4.78 is 49.5. The summed E-state index contributed by atoms with van der Waals surface area (Å²) in [6.07, 6.45) is -2.26. The van der Waals surface area contributed by atoms with Crippen LogP contribution >= 0.6 is 66.7 Å². The summed E-state index contributed by atoms with van der Waals surface area (Å²) in [6.45, 7) is 0.241. The predicted octanol–water partition coefficient (Wildman–Crippen LogP) is 7.86. The van der Waals surface area contributed by atoms with Crippen molar-refractivity contribution in [2.24, 2.45) is 0 Å². The number of hydrogen-bond donors (Lipinski definition) is 0. The van der Waals surface area contributed by atoms with Gasteiger partial charge in [0.15, 0.2) is 5.75 Å². The minimum atomic E-state index is -4.57. The molecule has 2 rings (SSSR count). The second-order valence-corrected chi connectivity index (χ2v) is 8.63. The molecule has 0 spiro atoms. The van der Waals surface area contributed by atoms with Crippen LogP contribution in [-0.4, -0.2) is 11.6 Å². The fraction of sp³-hybridized carbons (Fsp3) is 0.133. The molecule has 0 saturated heterocycles. The minimum absolute atomic E-state index is 0.00736. The summed E-state index contributed by atoms with van der Waals surface area (Å²) in [4.78, 5) is 3.57. The van der Waals surface area contributed by atoms with Crippen LogP contribution in [0.5, 0.6) is 17.4 Å². The zero-order chi connectivity index (χ0) is 19.5. The largest absolute Gasteiger partial charge is 0.489 e. The Balaban J connectivity index is 2.23. The summed E-state index contributed by atoms with van der Waals surface area (Å²) in [5.41, 5.74) is -0.998. The number of aromatic nitrogens is 1. The van der Waals surface area contributed by atoms with E-state index in [9.17, 15) is 13.2 Å². The van der Waals surface area contributed by atoms with Crippen molar-refractivity contribution in [3.05, 3.63) is 54.5 Å². The Hall–Kier alpha value is -0.670. The quantitative estimate of drug-likeness (QED) is 0.376. The molecule has 0 aliphatic rings. The van der Waals surface area contributed by atoms with E-state index in [-0.39, 0.29) is 33.3 Å². The Morgan fingerprint density at radius 2 is 1.69 bits per heavy atom. The first-order valence-electron chi connectivity index (χ1n) is 6.61. The molecule has 0 N–H and O–H groups in total. The van der Waals surface area contributed by atoms with Gasteiger partial charge in [-0.3, -0.25) is 0 Å². The first-order chi connectivity index (χ1) is 12.1. The van der Waals surface area contributed by atoms with Gasteiger partial charge >= 0.3 is 6.18 Å². The summed E-state index contributed by atoms with van der Waals surface area (Å²) in [6, 6.07) is 3.58. The highest BCUT2D eigenvalue weighted by molar-refractivity contribution is 9.28. The maximum Gasteiger partial charge on any atom is 0.417 e. The van der Waals surface area contributed by atoms with Crippen LogP contribution in [0.3, 0.4) is 0 Å². The van der Waals surface area contributed by atoms with Gasteiger partial charge in [0.25, 0.3) is 0 Å². The van der Waals surface area contributed by atoms with Crippen molar-refractivity contribution in [3.63, 3.8) is 0 Å². The average Bonchev–Trinajstić information content (AvgIpc) is 2.50. The minimum Gasteiger partial charge on any atom is -0.489 e. The maximum atomic E-state index is 12.6. The molecular weight excluding hydrogens is 549 g/mol. The lowest BCUT2D eigenvalue weighted by Gasteiger charge is -2.13. The monoisotopic (exact) mass is 553 g/mol. The number of ether oxygens (including phenoxy) is 2. The highest BCUT2D eigenvalue weighted by Crippen LogP contribution is 2.41. The van der Waals surface area contributed by atoms with E-state index in [0.717, 1.165) is 0 Å². The molecule has 11 heteroatoms. The maximum absolute atomic E-state index is 12.6. The van der Waals surface area contributed by atoms with Gasteiger partial charge in [0, 0.05) is 18.3 Å². The number of hydrogen-bond acceptors (Lipinski definition) is 3. The molecule has 1 aromatic heterocycles. The topological polar surface area (TPSA) is 31.4 Å². The van der Waals surface area contributed by atoms with Crippen LogP contribution in [0.4, 0.5) is 13.2 Å². The number of pyridine rings is 1. The zero-order valence-corrected chi connectivity index (χ0v) is 17.8. The molecule has 2 aromatic rings. The lowest BCUT2D eigenvalue weighted by Crippen LogP contribution is -2.06. The van der Waals surface area contributed by atoms with Crippen molar-refractivity contribution in [1.29, 1.82) is 0 Å². The molecular formula is C15H7Br2Cl3F3NO2. The van der Waals surface area contributed by atoms with Gasteiger partial charge < -0.3 is 9.47 Å². The van der Waals surface area contributed by atoms with Gasteiger partial charge in [-0.25, -0.2) is 4.98 Å². The molecule has 0 radical (unpaired) electrons. The van der Waals surface area contributed by atoms with Gasteiger partial charge in [0.2, 0.25) is 5.88 Å². The molecule has 0 unspecified atom stereocenters. The van der Waals surface area contributed by atoms with E-state index in [4.69, 9.17) is 44.3 Å². The van der Waals surface area contributed by atoms with Gasteiger partial charge in [0.05, 0.1) is 19.0 Å². The molecule has 1 heterocycles. The molecule has 1 aromatic carbocycles. The van der Waals surface area contributed by atoms with Crippen LogP contribution in [-0.2, 0) is 6.18 Å². The molecule has 0 atom stereocenters. The van der Waals surface area contributed by atoms with E-state index in [0.29, 0.717) is 21.4 Å². The Kier molecular flexibility index (Phi) is 7.50. The van der Waals surface area contributed by atoms with Gasteiger partial charge in [0.1, 0.15) is 17.4 Å². The van der Waals surface area contributed by atoms with Gasteiger partial charge in [-0.2, -0.15) is 13.2 Å². The van der Waals surface area contributed by atoms with Crippen LogP contribution < -0.4 is 9.47 Å². The molecule has 0 amide bonds. The number of nitrogens with zero attached hydrogens (tertiary/aromatic N) is 1. The Morgan fingerprint density at radius 3 is 2.19 bits per heavy atom. The second-order valence-electron chi connectivity index (χ2n) is 4.63. The molecule has 0 fully saturated rings. The smallest absolute Gasteiger partial charge is 0.417 e. The standard InChI is InChI=1S/C15H7Br2Cl3F3NO2/c16-12(17)1-2-25-8-4-9(18)13(10(19)5-8)26-14-11(20)3-7(6-24-14)15(21,22)23/h1,3-6H,2H2. The van der Waals surface area contributed by atoms with Crippen LogP contribution in [0.25, 0.3) is 0 Å². The lowest BCUT2D eigenvalue weighted by molar-refractivity contribution is -0.137. The third-order valence-corrected chi connectivity index (χ3v) is 4.27. The van der Waals surface area contributed by atoms with Crippen molar-refractivity contribution in [2.45, 2.75) is 6.18 Å². The lowest BCUT2D eigenvalue weighted by atomic mass is 10.3. The molecule has 0 saturated carbocycles. The molecule has 0 bridgehead atoms. The Labute approximate surface area is 178 Å². The van der Waals surface area contributed by atoms with Crippen molar-refractivity contribution >= 4 is 66.7 Å². The average molecular weight is 556 g/mol. The van der Waals surface area contributed by atoms with Crippen molar-refractivity contribution in [3.8, 4) is 17.4 Å². The molecule has 0 aliphatic carbocycles. The fourth-order valence-corrected chi connectivity index (χ4v) is 2.68. The van der Waals surface area contributed by atoms with Crippen LogP contribution in [0, 0.1) is 0 Å². The normalized spacial score (nSPS) is 11.2. The SMILES string of the molecule is FC(F)(F)c1cnc(Oc2c(Cl)cc(OCC=C(Br)Br)cc2Cl)c(Cl)c1. The Bertz CT molecular complexity index is 820. The van der Waals surface area contributed by atoms with Crippen molar-refractivity contribution in [2.75, 3.05) is 6.61 Å². The van der Waals surface area contributed by atoms with Gasteiger partial charge in [-0.05, 0) is 44.0 Å². The van der Waals surface area contributed by atoms with Crippen molar-refractivity contribution < 1.29 is 22.6 Å². The third kappa shape index (κ3) is 5.92. The van der Waals surface area contributed by atoms with E-state index in [1.54, 1.807) is 6.08 Å². The third-order valence-electron chi connectivity index (χ3n) is 2.79. The number of rotatable bonds is 5. The summed E-state index contributed by atoms with van der Waals surface area (Å²) in [5, 5.41) is -0.182. The summed E-state index contributed by atoms with van der Waals surface area (Å²) in [7, 11) is 0. The summed E-state index contributed by atoms with van der Waals surface area (Å²) >= 11 is 24.4. The molecule has 3 nitrogen and oxygen atoms in total. The highest BCUT2D eigenvalue weighted by atomic mass is 79.9. The van der Waals surface area contributed by atoms with E-state index in [1.165, 1.54) is 12.1 Å². The Morgan fingerprint density at radius 1 is 1.08 bits per heavy atom. The number of halogens is 8. The first-order valence-corrected chi connectivity index (χ1v) is 9.33. The van der Waals surface area contributed by atoms with Crippen LogP contribution in [0.2, 0.25) is 15.1 Å². The van der Waals surface area contributed by atoms with E-state index in [1.807, 2.05) is 0 Å². The number of alkyl halides is 3.